The third-order valence-electron chi connectivity index (χ3n) is 1.50. The van der Waals surface area contributed by atoms with Gasteiger partial charge in [0.2, 0.25) is 5.75 Å². The molecule has 1 aromatic heterocycles. The Hall–Kier alpha value is -2.57. The average molecular weight is 248 g/mol. The Balaban J connectivity index is 3.33. The fraction of sp³-hybridized carbons (Fsp3) is 0.143. The number of pyridine rings is 1. The number of nitriles is 1. The summed E-state index contributed by atoms with van der Waals surface area (Å²) in [5.41, 5.74) is 3.52. The summed E-state index contributed by atoms with van der Waals surface area (Å²) in [5, 5.41) is 18.8. The Morgan fingerprint density at radius 1 is 1.59 bits per heavy atom. The van der Waals surface area contributed by atoms with Crippen LogP contribution in [0.5, 0.6) is 5.75 Å². The maximum Gasteiger partial charge on any atom is 0.573 e. The van der Waals surface area contributed by atoms with Gasteiger partial charge in [-0.2, -0.15) is 5.26 Å². The van der Waals surface area contributed by atoms with Gasteiger partial charge in [0, 0.05) is 0 Å². The maximum atomic E-state index is 11.9. The lowest BCUT2D eigenvalue weighted by Crippen LogP contribution is -2.19. The van der Waals surface area contributed by atoms with E-state index >= 15 is 0 Å². The minimum absolute atomic E-state index is 0.571. The van der Waals surface area contributed by atoms with Crippen LogP contribution in [0.25, 0.3) is 0 Å². The summed E-state index contributed by atoms with van der Waals surface area (Å²) in [5.74, 6) is -1.89. The van der Waals surface area contributed by atoms with Crippen LogP contribution < -0.4 is 10.5 Å². The van der Waals surface area contributed by atoms with Crippen LogP contribution in [0.2, 0.25) is 0 Å². The van der Waals surface area contributed by atoms with Crippen LogP contribution in [0.3, 0.4) is 0 Å². The summed E-state index contributed by atoms with van der Waals surface area (Å²) in [6.07, 6.45) is -5.07. The molecule has 90 valence electrons. The molecule has 17 heavy (non-hydrogen) atoms. The zero-order valence-electron chi connectivity index (χ0n) is 7.85. The summed E-state index contributed by atoms with van der Waals surface area (Å²) < 4.78 is 39.3. The Kier molecular flexibility index (Phi) is 3.03. The number of nitrogens with two attached hydrogens (primary N) is 1. The number of nitro groups is 1. The second-order valence-electron chi connectivity index (χ2n) is 2.66. The van der Waals surface area contributed by atoms with Gasteiger partial charge >= 0.3 is 12.2 Å². The van der Waals surface area contributed by atoms with Crippen LogP contribution in [0, 0.1) is 21.4 Å². The van der Waals surface area contributed by atoms with E-state index in [2.05, 4.69) is 9.72 Å². The summed E-state index contributed by atoms with van der Waals surface area (Å²) in [7, 11) is 0. The summed E-state index contributed by atoms with van der Waals surface area (Å²) in [6, 6.07) is 1.81. The number of nitrogen functional groups attached to an aromatic ring is 1. The quantitative estimate of drug-likeness (QED) is 0.623. The van der Waals surface area contributed by atoms with Crippen molar-refractivity contribution in [3.8, 4) is 11.8 Å². The monoisotopic (exact) mass is 248 g/mol. The first kappa shape index (κ1) is 12.5. The maximum absolute atomic E-state index is 11.9. The van der Waals surface area contributed by atoms with Crippen LogP contribution in [-0.4, -0.2) is 16.3 Å². The van der Waals surface area contributed by atoms with Crippen molar-refractivity contribution in [3.05, 3.63) is 21.9 Å². The summed E-state index contributed by atoms with van der Waals surface area (Å²) >= 11 is 0. The van der Waals surface area contributed by atoms with Crippen molar-refractivity contribution < 1.29 is 22.8 Å². The average Bonchev–Trinajstić information content (AvgIpc) is 2.18. The zero-order valence-corrected chi connectivity index (χ0v) is 7.85. The number of hydrogen-bond acceptors (Lipinski definition) is 6. The molecular weight excluding hydrogens is 245 g/mol. The number of halogens is 3. The Bertz CT molecular complexity index is 508. The van der Waals surface area contributed by atoms with Gasteiger partial charge in [-0.1, -0.05) is 0 Å². The fourth-order valence-corrected chi connectivity index (χ4v) is 0.931. The highest BCUT2D eigenvalue weighted by molar-refractivity contribution is 5.61. The molecule has 0 fully saturated rings. The van der Waals surface area contributed by atoms with Gasteiger partial charge in [-0.15, -0.1) is 13.2 Å². The Morgan fingerprint density at radius 3 is 2.59 bits per heavy atom. The first-order valence-electron chi connectivity index (χ1n) is 3.85. The van der Waals surface area contributed by atoms with Crippen molar-refractivity contribution in [1.82, 2.24) is 4.98 Å². The molecule has 2 N–H and O–H groups in total. The molecule has 0 atom stereocenters. The number of rotatable bonds is 2. The number of nitrogens with zero attached hydrogens (tertiary/aromatic N) is 3. The van der Waals surface area contributed by atoms with Gasteiger partial charge in [0.1, 0.15) is 0 Å². The van der Waals surface area contributed by atoms with Crippen LogP contribution in [0.15, 0.2) is 6.07 Å². The molecule has 1 rings (SSSR count). The van der Waals surface area contributed by atoms with Crippen molar-refractivity contribution in [2.75, 3.05) is 5.73 Å². The topological polar surface area (TPSA) is 115 Å². The van der Waals surface area contributed by atoms with E-state index in [9.17, 15) is 23.3 Å². The van der Waals surface area contributed by atoms with Gasteiger partial charge in [0.05, 0.1) is 11.8 Å². The predicted octanol–water partition coefficient (Wildman–Crippen LogP) is 1.34. The highest BCUT2D eigenvalue weighted by Crippen LogP contribution is 2.32. The second kappa shape index (κ2) is 4.12. The van der Waals surface area contributed by atoms with E-state index in [0.29, 0.717) is 6.07 Å². The molecule has 0 radical (unpaired) electrons. The normalized spacial score (nSPS) is 10.7. The Labute approximate surface area is 91.4 Å². The number of alkyl halides is 3. The molecule has 0 aromatic carbocycles. The summed E-state index contributed by atoms with van der Waals surface area (Å²) in [6.45, 7) is 0. The van der Waals surface area contributed by atoms with E-state index in [1.165, 1.54) is 6.07 Å². The van der Waals surface area contributed by atoms with E-state index in [1.807, 2.05) is 0 Å². The molecule has 0 saturated heterocycles. The lowest BCUT2D eigenvalue weighted by atomic mass is 10.3. The van der Waals surface area contributed by atoms with Crippen molar-refractivity contribution in [3.63, 3.8) is 0 Å². The molecule has 0 bridgehead atoms. The van der Waals surface area contributed by atoms with Gasteiger partial charge in [-0.05, 0) is 9.91 Å². The number of hydrogen-bond donors (Lipinski definition) is 1. The van der Waals surface area contributed by atoms with E-state index in [-0.39, 0.29) is 0 Å². The summed E-state index contributed by atoms with van der Waals surface area (Å²) in [4.78, 5) is 12.4. The molecule has 0 amide bonds. The predicted molar refractivity (Wildman–Crippen MR) is 46.7 cm³/mol. The molecule has 10 heteroatoms. The molecular formula is C7H3F3N4O3. The van der Waals surface area contributed by atoms with Crippen molar-refractivity contribution in [2.45, 2.75) is 6.36 Å². The second-order valence-corrected chi connectivity index (χ2v) is 2.66. The van der Waals surface area contributed by atoms with E-state index < -0.39 is 34.2 Å². The minimum atomic E-state index is -5.07. The van der Waals surface area contributed by atoms with Crippen LogP contribution >= 0.6 is 0 Å². The molecule has 0 aliphatic rings. The first-order chi connectivity index (χ1) is 7.74. The van der Waals surface area contributed by atoms with Gasteiger partial charge in [-0.25, -0.2) is 0 Å². The third kappa shape index (κ3) is 2.94. The van der Waals surface area contributed by atoms with Crippen LogP contribution in [0.4, 0.5) is 24.7 Å². The highest BCUT2D eigenvalue weighted by atomic mass is 19.4. The van der Waals surface area contributed by atoms with E-state index in [0.717, 1.165) is 0 Å². The van der Waals surface area contributed by atoms with Gasteiger partial charge in [0.25, 0.3) is 5.69 Å². The molecule has 7 nitrogen and oxygen atoms in total. The van der Waals surface area contributed by atoms with Gasteiger partial charge in [0.15, 0.2) is 6.07 Å². The van der Waals surface area contributed by atoms with Gasteiger partial charge < -0.3 is 20.6 Å². The van der Waals surface area contributed by atoms with Crippen molar-refractivity contribution >= 4 is 11.5 Å². The van der Waals surface area contributed by atoms with Crippen molar-refractivity contribution in [2.24, 2.45) is 0 Å². The third-order valence-corrected chi connectivity index (χ3v) is 1.50. The number of anilines is 1. The molecule has 1 heterocycles. The molecule has 0 saturated carbocycles. The Morgan fingerprint density at radius 2 is 2.18 bits per heavy atom. The van der Waals surface area contributed by atoms with E-state index in [4.69, 9.17) is 11.0 Å². The standard InChI is InChI=1S/C7H3F3N4O3/c8-7(9,10)17-6-3(12)1-5(14(15)16)13-4(6)2-11/h1H,(H2,12,13). The highest BCUT2D eigenvalue weighted by Gasteiger charge is 2.35. The van der Waals surface area contributed by atoms with Crippen LogP contribution in [0.1, 0.15) is 5.69 Å². The first-order valence-corrected chi connectivity index (χ1v) is 3.85. The molecule has 0 spiro atoms. The van der Waals surface area contributed by atoms with Crippen molar-refractivity contribution in [1.29, 1.82) is 5.26 Å². The SMILES string of the molecule is N#Cc1nc([N+](=O)[O-])cc(N)c1OC(F)(F)F. The number of ether oxygens (including phenoxy) is 1. The fourth-order valence-electron chi connectivity index (χ4n) is 0.931. The molecule has 0 unspecified atom stereocenters. The number of aromatic nitrogens is 1. The largest absolute Gasteiger partial charge is 0.573 e. The van der Waals surface area contributed by atoms with Crippen LogP contribution in [-0.2, 0) is 0 Å². The molecule has 0 aliphatic heterocycles. The smallest absolute Gasteiger partial charge is 0.398 e. The molecule has 1 aromatic rings. The lowest BCUT2D eigenvalue weighted by molar-refractivity contribution is -0.389. The minimum Gasteiger partial charge on any atom is -0.398 e. The zero-order chi connectivity index (χ0) is 13.2. The van der Waals surface area contributed by atoms with Gasteiger partial charge in [-0.3, -0.25) is 0 Å². The van der Waals surface area contributed by atoms with E-state index in [1.54, 1.807) is 0 Å². The lowest BCUT2D eigenvalue weighted by Gasteiger charge is -2.09. The molecule has 0 aliphatic carbocycles.